The van der Waals surface area contributed by atoms with E-state index in [0.29, 0.717) is 5.89 Å². The maximum absolute atomic E-state index is 6.65. The van der Waals surface area contributed by atoms with E-state index in [-0.39, 0.29) is 0 Å². The van der Waals surface area contributed by atoms with Gasteiger partial charge in [0.25, 0.3) is 0 Å². The van der Waals surface area contributed by atoms with Crippen LogP contribution in [0.5, 0.6) is 0 Å². The van der Waals surface area contributed by atoms with Crippen LogP contribution < -0.4 is 0 Å². The molecule has 0 aliphatic heterocycles. The molecule has 6 aromatic carbocycles. The lowest BCUT2D eigenvalue weighted by Gasteiger charge is -2.11. The predicted octanol–water partition coefficient (Wildman–Crippen LogP) is 12.2. The Morgan fingerprint density at radius 1 is 0.468 bits per heavy atom. The number of furan rings is 1. The van der Waals surface area contributed by atoms with Crippen molar-refractivity contribution in [1.29, 1.82) is 0 Å². The second kappa shape index (κ2) is 10.2. The molecule has 10 rings (SSSR count). The fraction of sp³-hybridized carbons (Fsp3) is 0. The minimum Gasteiger partial charge on any atom is -0.455 e. The molecule has 0 N–H and O–H groups in total. The molecule has 4 aromatic heterocycles. The third-order valence-electron chi connectivity index (χ3n) is 8.93. The fourth-order valence-electron chi connectivity index (χ4n) is 6.76. The maximum atomic E-state index is 6.65. The summed E-state index contributed by atoms with van der Waals surface area (Å²) in [5, 5.41) is 4.48. The third-order valence-corrected chi connectivity index (χ3v) is 10.2. The van der Waals surface area contributed by atoms with Crippen molar-refractivity contribution >= 4 is 65.4 Å². The lowest BCUT2D eigenvalue weighted by Crippen LogP contribution is -1.90. The molecule has 0 saturated carbocycles. The van der Waals surface area contributed by atoms with E-state index in [1.807, 2.05) is 47.7 Å². The third kappa shape index (κ3) is 4.07. The quantitative estimate of drug-likeness (QED) is 0.196. The number of hydrogen-bond acceptors (Lipinski definition) is 5. The Bertz CT molecular complexity index is 2760. The van der Waals surface area contributed by atoms with Gasteiger partial charge in [-0.2, -0.15) is 0 Å². The first-order valence-corrected chi connectivity index (χ1v) is 16.4. The van der Waals surface area contributed by atoms with E-state index in [1.54, 1.807) is 0 Å². The Morgan fingerprint density at radius 2 is 1.15 bits per heavy atom. The summed E-state index contributed by atoms with van der Waals surface area (Å²) in [7, 11) is 0. The molecule has 0 saturated heterocycles. The Kier molecular flexibility index (Phi) is 5.71. The number of fused-ring (bicyclic) bond motifs is 7. The van der Waals surface area contributed by atoms with Crippen LogP contribution in [0, 0.1) is 0 Å². The molecule has 4 nitrogen and oxygen atoms in total. The zero-order chi connectivity index (χ0) is 30.9. The highest BCUT2D eigenvalue weighted by Crippen LogP contribution is 2.52. The van der Waals surface area contributed by atoms with Crippen molar-refractivity contribution in [2.75, 3.05) is 0 Å². The summed E-state index contributed by atoms with van der Waals surface area (Å²) in [4.78, 5) is 11.2. The summed E-state index contributed by atoms with van der Waals surface area (Å²) in [5.41, 5.74) is 10.6. The van der Waals surface area contributed by atoms with Gasteiger partial charge in [-0.3, -0.25) is 0 Å². The SMILES string of the molecule is c1ccc(-c2nc3ccccc3c3sc(-c4ccc(-c5nc6ccccc6o5)cc4)c(-c4cccc5c4oc4ccccc45)c23)cc1. The normalized spacial score (nSPS) is 11.8. The highest BCUT2D eigenvalue weighted by molar-refractivity contribution is 7.24. The number of rotatable bonds is 4. The van der Waals surface area contributed by atoms with Gasteiger partial charge in [0.1, 0.15) is 16.7 Å². The zero-order valence-corrected chi connectivity index (χ0v) is 25.8. The molecular weight excluding hydrogens is 597 g/mol. The van der Waals surface area contributed by atoms with Gasteiger partial charge in [-0.05, 0) is 42.0 Å². The number of pyridine rings is 1. The van der Waals surface area contributed by atoms with Gasteiger partial charge in [-0.1, -0.05) is 109 Å². The minimum atomic E-state index is 0.614. The van der Waals surface area contributed by atoms with Gasteiger partial charge in [0.2, 0.25) is 5.89 Å². The Balaban J connectivity index is 1.29. The molecule has 5 heteroatoms. The molecule has 0 radical (unpaired) electrons. The summed E-state index contributed by atoms with van der Waals surface area (Å²) in [6, 6.07) is 50.1. The van der Waals surface area contributed by atoms with E-state index in [2.05, 4.69) is 109 Å². The molecule has 0 bridgehead atoms. The van der Waals surface area contributed by atoms with Gasteiger partial charge in [0, 0.05) is 53.4 Å². The van der Waals surface area contributed by atoms with Crippen molar-refractivity contribution in [3.05, 3.63) is 146 Å². The molecule has 0 aliphatic carbocycles. The lowest BCUT2D eigenvalue weighted by atomic mass is 9.93. The van der Waals surface area contributed by atoms with Gasteiger partial charge >= 0.3 is 0 Å². The molecule has 0 amide bonds. The van der Waals surface area contributed by atoms with Crippen molar-refractivity contribution in [3.63, 3.8) is 0 Å². The number of benzene rings is 6. The highest BCUT2D eigenvalue weighted by atomic mass is 32.1. The topological polar surface area (TPSA) is 52.1 Å². The first-order valence-electron chi connectivity index (χ1n) is 15.6. The molecule has 0 fully saturated rings. The largest absolute Gasteiger partial charge is 0.455 e. The number of thiophene rings is 1. The van der Waals surface area contributed by atoms with Crippen LogP contribution in [0.4, 0.5) is 0 Å². The second-order valence-electron chi connectivity index (χ2n) is 11.7. The van der Waals surface area contributed by atoms with Crippen LogP contribution in [-0.4, -0.2) is 9.97 Å². The second-order valence-corrected chi connectivity index (χ2v) is 12.7. The number of oxazole rings is 1. The number of aromatic nitrogens is 2. The standard InChI is InChI=1S/C42H24N2O2S/c1-2-11-25(12-3-1)38-37-36(31-16-10-15-29-28-13-5-8-19-34(28)45-39(29)31)40(47-41(37)30-14-4-6-17-32(30)43-38)26-21-23-27(24-22-26)42-44-33-18-7-9-20-35(33)46-42/h1-24H. The van der Waals surface area contributed by atoms with Gasteiger partial charge in [0.05, 0.1) is 11.2 Å². The van der Waals surface area contributed by atoms with E-state index < -0.39 is 0 Å². The van der Waals surface area contributed by atoms with Crippen LogP contribution in [0.15, 0.2) is 154 Å². The molecule has 10 aromatic rings. The van der Waals surface area contributed by atoms with Crippen LogP contribution in [-0.2, 0) is 0 Å². The van der Waals surface area contributed by atoms with Crippen LogP contribution in [0.2, 0.25) is 0 Å². The smallest absolute Gasteiger partial charge is 0.227 e. The molecule has 0 spiro atoms. The molecule has 4 heterocycles. The van der Waals surface area contributed by atoms with Crippen molar-refractivity contribution in [3.8, 4) is 44.3 Å². The Hall–Kier alpha value is -6.04. The minimum absolute atomic E-state index is 0.614. The van der Waals surface area contributed by atoms with Crippen LogP contribution in [0.3, 0.4) is 0 Å². The van der Waals surface area contributed by atoms with E-state index >= 15 is 0 Å². The van der Waals surface area contributed by atoms with Crippen molar-refractivity contribution in [2.24, 2.45) is 0 Å². The van der Waals surface area contributed by atoms with Gasteiger partial charge in [-0.15, -0.1) is 11.3 Å². The van der Waals surface area contributed by atoms with E-state index in [9.17, 15) is 0 Å². The van der Waals surface area contributed by atoms with Crippen molar-refractivity contribution in [1.82, 2.24) is 9.97 Å². The maximum Gasteiger partial charge on any atom is 0.227 e. The van der Waals surface area contributed by atoms with E-state index in [4.69, 9.17) is 18.8 Å². The molecule has 0 unspecified atom stereocenters. The molecule has 0 aliphatic rings. The summed E-state index contributed by atoms with van der Waals surface area (Å²) < 4.78 is 14.0. The van der Waals surface area contributed by atoms with Crippen LogP contribution >= 0.6 is 11.3 Å². The lowest BCUT2D eigenvalue weighted by molar-refractivity contribution is 0.620. The van der Waals surface area contributed by atoms with E-state index in [0.717, 1.165) is 87.7 Å². The van der Waals surface area contributed by atoms with Crippen LogP contribution in [0.25, 0.3) is 98.3 Å². The van der Waals surface area contributed by atoms with Gasteiger partial charge in [0.15, 0.2) is 5.58 Å². The predicted molar refractivity (Wildman–Crippen MR) is 194 cm³/mol. The van der Waals surface area contributed by atoms with Crippen molar-refractivity contribution in [2.45, 2.75) is 0 Å². The molecule has 47 heavy (non-hydrogen) atoms. The molecular formula is C42H24N2O2S. The summed E-state index contributed by atoms with van der Waals surface area (Å²) in [6.45, 7) is 0. The first-order chi connectivity index (χ1) is 23.3. The van der Waals surface area contributed by atoms with Gasteiger partial charge < -0.3 is 8.83 Å². The summed E-state index contributed by atoms with van der Waals surface area (Å²) in [6.07, 6.45) is 0. The number of para-hydroxylation sites is 5. The molecule has 0 atom stereocenters. The Morgan fingerprint density at radius 3 is 1.98 bits per heavy atom. The van der Waals surface area contributed by atoms with Gasteiger partial charge in [-0.25, -0.2) is 9.97 Å². The number of nitrogens with zero attached hydrogens (tertiary/aromatic N) is 2. The number of hydrogen-bond donors (Lipinski definition) is 0. The molecule has 220 valence electrons. The van der Waals surface area contributed by atoms with E-state index in [1.165, 1.54) is 4.70 Å². The van der Waals surface area contributed by atoms with Crippen molar-refractivity contribution < 1.29 is 8.83 Å². The Labute approximate surface area is 273 Å². The van der Waals surface area contributed by atoms with Crippen LogP contribution in [0.1, 0.15) is 0 Å². The summed E-state index contributed by atoms with van der Waals surface area (Å²) in [5.74, 6) is 0.614. The fourth-order valence-corrected chi connectivity index (χ4v) is 8.11. The highest BCUT2D eigenvalue weighted by Gasteiger charge is 2.25. The summed E-state index contributed by atoms with van der Waals surface area (Å²) >= 11 is 1.81. The average Bonchev–Trinajstić information content (AvgIpc) is 3.86. The average molecular weight is 621 g/mol. The first kappa shape index (κ1) is 26.2. The monoisotopic (exact) mass is 620 g/mol. The zero-order valence-electron chi connectivity index (χ0n) is 25.0.